The van der Waals surface area contributed by atoms with Crippen molar-refractivity contribution in [2.45, 2.75) is 44.7 Å². The molecule has 0 spiro atoms. The molecule has 0 amide bonds. The first kappa shape index (κ1) is 11.9. The second-order valence-corrected chi connectivity index (χ2v) is 4.66. The van der Waals surface area contributed by atoms with E-state index in [9.17, 15) is 0 Å². The van der Waals surface area contributed by atoms with Crippen molar-refractivity contribution in [2.75, 3.05) is 7.11 Å². The fourth-order valence-electron chi connectivity index (χ4n) is 1.88. The lowest BCUT2D eigenvalue weighted by Gasteiger charge is -2.12. The van der Waals surface area contributed by atoms with Gasteiger partial charge in [-0.1, -0.05) is 18.1 Å². The number of ether oxygens (including phenoxy) is 1. The van der Waals surface area contributed by atoms with Crippen molar-refractivity contribution in [2.24, 2.45) is 5.92 Å². The van der Waals surface area contributed by atoms with Crippen LogP contribution in [0.3, 0.4) is 0 Å². The van der Waals surface area contributed by atoms with Gasteiger partial charge in [-0.25, -0.2) is 4.68 Å². The Labute approximate surface area is 101 Å². The third-order valence-electron chi connectivity index (χ3n) is 3.16. The Bertz CT molecular complexity index is 349. The van der Waals surface area contributed by atoms with Gasteiger partial charge < -0.3 is 4.74 Å². The minimum Gasteiger partial charge on any atom is -0.375 e. The average molecular weight is 244 g/mol. The fraction of sp³-hybridized carbons (Fsp3) is 0.818. The molecule has 0 saturated heterocycles. The van der Waals surface area contributed by atoms with Crippen LogP contribution < -0.4 is 0 Å². The van der Waals surface area contributed by atoms with E-state index in [4.69, 9.17) is 16.3 Å². The van der Waals surface area contributed by atoms with Crippen molar-refractivity contribution in [3.63, 3.8) is 0 Å². The van der Waals surface area contributed by atoms with E-state index in [2.05, 4.69) is 10.3 Å². The maximum atomic E-state index is 5.85. The lowest BCUT2D eigenvalue weighted by molar-refractivity contribution is 0.110. The molecule has 0 bridgehead atoms. The van der Waals surface area contributed by atoms with Crippen LogP contribution in [0.25, 0.3) is 0 Å². The molecule has 5 heteroatoms. The lowest BCUT2D eigenvalue weighted by Crippen LogP contribution is -2.11. The van der Waals surface area contributed by atoms with E-state index < -0.39 is 0 Å². The van der Waals surface area contributed by atoms with Crippen LogP contribution in [0.15, 0.2) is 0 Å². The number of alkyl halides is 1. The van der Waals surface area contributed by atoms with Crippen molar-refractivity contribution in [1.29, 1.82) is 0 Å². The summed E-state index contributed by atoms with van der Waals surface area (Å²) in [5.41, 5.74) is 1.87. The molecule has 0 radical (unpaired) electrons. The minimum absolute atomic E-state index is 0.00273. The van der Waals surface area contributed by atoms with Crippen LogP contribution in [-0.2, 0) is 17.2 Å². The minimum atomic E-state index is 0.00273. The molecular formula is C11H18ClN3O. The normalized spacial score (nSPS) is 17.7. The van der Waals surface area contributed by atoms with Crippen LogP contribution in [-0.4, -0.2) is 22.1 Å². The monoisotopic (exact) mass is 243 g/mol. The second kappa shape index (κ2) is 5.15. The van der Waals surface area contributed by atoms with E-state index in [1.54, 1.807) is 7.11 Å². The highest BCUT2D eigenvalue weighted by atomic mass is 35.5. The average Bonchev–Trinajstić information content (AvgIpc) is 3.04. The largest absolute Gasteiger partial charge is 0.375 e. The summed E-state index contributed by atoms with van der Waals surface area (Å²) in [5, 5.41) is 8.26. The number of hydrogen-bond donors (Lipinski definition) is 0. The summed E-state index contributed by atoms with van der Waals surface area (Å²) >= 11 is 5.85. The van der Waals surface area contributed by atoms with Crippen LogP contribution in [0.2, 0.25) is 0 Å². The summed E-state index contributed by atoms with van der Waals surface area (Å²) in [4.78, 5) is 0. The van der Waals surface area contributed by atoms with Gasteiger partial charge in [0.2, 0.25) is 0 Å². The highest BCUT2D eigenvalue weighted by molar-refractivity contribution is 6.16. The smallest absolute Gasteiger partial charge is 0.103 e. The molecule has 1 aliphatic carbocycles. The highest BCUT2D eigenvalue weighted by Crippen LogP contribution is 2.33. The van der Waals surface area contributed by atoms with Crippen LogP contribution in [0.5, 0.6) is 0 Å². The van der Waals surface area contributed by atoms with E-state index in [0.717, 1.165) is 23.9 Å². The molecule has 1 saturated carbocycles. The van der Waals surface area contributed by atoms with Crippen molar-refractivity contribution < 1.29 is 4.74 Å². The summed E-state index contributed by atoms with van der Waals surface area (Å²) in [6.07, 6.45) is 3.93. The third-order valence-corrected chi connectivity index (χ3v) is 3.41. The predicted octanol–water partition coefficient (Wildman–Crippen LogP) is 2.52. The van der Waals surface area contributed by atoms with E-state index >= 15 is 0 Å². The van der Waals surface area contributed by atoms with E-state index in [0.29, 0.717) is 5.88 Å². The zero-order valence-corrected chi connectivity index (χ0v) is 10.6. The molecule has 1 unspecified atom stereocenters. The molecule has 1 atom stereocenters. The lowest BCUT2D eigenvalue weighted by atomic mass is 10.2. The van der Waals surface area contributed by atoms with Gasteiger partial charge >= 0.3 is 0 Å². The fourth-order valence-corrected chi connectivity index (χ4v) is 2.07. The number of halogens is 1. The topological polar surface area (TPSA) is 39.9 Å². The first-order chi connectivity index (χ1) is 7.76. The summed E-state index contributed by atoms with van der Waals surface area (Å²) in [6, 6.07) is 0. The predicted molar refractivity (Wildman–Crippen MR) is 62.3 cm³/mol. The van der Waals surface area contributed by atoms with Crippen molar-refractivity contribution in [3.8, 4) is 0 Å². The molecule has 0 N–H and O–H groups in total. The third kappa shape index (κ3) is 2.55. The zero-order chi connectivity index (χ0) is 11.5. The van der Waals surface area contributed by atoms with Crippen molar-refractivity contribution >= 4 is 11.6 Å². The first-order valence-corrected chi connectivity index (χ1v) is 6.30. The summed E-state index contributed by atoms with van der Waals surface area (Å²) < 4.78 is 7.29. The highest BCUT2D eigenvalue weighted by Gasteiger charge is 2.23. The number of aryl methyl sites for hydroxylation is 1. The van der Waals surface area contributed by atoms with Crippen molar-refractivity contribution in [1.82, 2.24) is 15.0 Å². The van der Waals surface area contributed by atoms with Crippen LogP contribution in [0, 0.1) is 5.92 Å². The summed E-state index contributed by atoms with van der Waals surface area (Å²) in [5.74, 6) is 1.29. The van der Waals surface area contributed by atoms with E-state index in [1.165, 1.54) is 19.3 Å². The molecule has 0 aliphatic heterocycles. The number of nitrogens with zero attached hydrogens (tertiary/aromatic N) is 3. The van der Waals surface area contributed by atoms with Gasteiger partial charge in [0.15, 0.2) is 0 Å². The Morgan fingerprint density at radius 3 is 2.88 bits per heavy atom. The van der Waals surface area contributed by atoms with Gasteiger partial charge in [0.1, 0.15) is 5.69 Å². The Morgan fingerprint density at radius 1 is 1.56 bits per heavy atom. The first-order valence-electron chi connectivity index (χ1n) is 5.77. The second-order valence-electron chi connectivity index (χ2n) is 4.39. The quantitative estimate of drug-likeness (QED) is 0.721. The molecule has 1 aliphatic rings. The molecular weight excluding hydrogens is 226 g/mol. The van der Waals surface area contributed by atoms with E-state index in [1.807, 2.05) is 11.6 Å². The SMILES string of the molecule is COC(C)c1c(CCl)nnn1CCC1CC1. The van der Waals surface area contributed by atoms with Gasteiger partial charge in [-0.2, -0.15) is 0 Å². The van der Waals surface area contributed by atoms with Gasteiger partial charge in [0.25, 0.3) is 0 Å². The van der Waals surface area contributed by atoms with Gasteiger partial charge in [-0.15, -0.1) is 16.7 Å². The van der Waals surface area contributed by atoms with Gasteiger partial charge in [-0.05, 0) is 19.3 Å². The maximum Gasteiger partial charge on any atom is 0.103 e. The number of rotatable bonds is 6. The van der Waals surface area contributed by atoms with Gasteiger partial charge in [0, 0.05) is 13.7 Å². The maximum absolute atomic E-state index is 5.85. The van der Waals surface area contributed by atoms with Crippen LogP contribution >= 0.6 is 11.6 Å². The molecule has 90 valence electrons. The zero-order valence-electron chi connectivity index (χ0n) is 9.82. The molecule has 4 nitrogen and oxygen atoms in total. The molecule has 0 aromatic carbocycles. The molecule has 1 aromatic heterocycles. The number of aromatic nitrogens is 3. The summed E-state index contributed by atoms with van der Waals surface area (Å²) in [7, 11) is 1.70. The molecule has 16 heavy (non-hydrogen) atoms. The van der Waals surface area contributed by atoms with Crippen molar-refractivity contribution in [3.05, 3.63) is 11.4 Å². The van der Waals surface area contributed by atoms with E-state index in [-0.39, 0.29) is 6.10 Å². The number of hydrogen-bond acceptors (Lipinski definition) is 3. The molecule has 1 heterocycles. The molecule has 1 aromatic rings. The summed E-state index contributed by atoms with van der Waals surface area (Å²) in [6.45, 7) is 2.93. The Morgan fingerprint density at radius 2 is 2.31 bits per heavy atom. The Kier molecular flexibility index (Phi) is 3.82. The van der Waals surface area contributed by atoms with Crippen LogP contribution in [0.1, 0.15) is 43.7 Å². The Balaban J connectivity index is 2.11. The van der Waals surface area contributed by atoms with Crippen LogP contribution in [0.4, 0.5) is 0 Å². The van der Waals surface area contributed by atoms with Gasteiger partial charge in [0.05, 0.1) is 17.7 Å². The Hall–Kier alpha value is -0.610. The number of methoxy groups -OCH3 is 1. The standard InChI is InChI=1S/C11H18ClN3O/c1-8(16-2)11-10(7-12)13-14-15(11)6-5-9-3-4-9/h8-9H,3-7H2,1-2H3. The molecule has 1 fully saturated rings. The van der Waals surface area contributed by atoms with Gasteiger partial charge in [-0.3, -0.25) is 0 Å². The molecule has 2 rings (SSSR count).